The summed E-state index contributed by atoms with van der Waals surface area (Å²) >= 11 is 0. The Kier molecular flexibility index (Phi) is 1.73. The van der Waals surface area contributed by atoms with Crippen molar-refractivity contribution >= 4 is 0 Å². The fraction of sp³-hybridized carbons (Fsp3) is 1.00. The maximum Gasteiger partial charge on any atom is 0.186 e. The molecule has 0 radical (unpaired) electrons. The zero-order valence-electron chi connectivity index (χ0n) is 8.17. The molecular formula is C9H14O5. The lowest BCUT2D eigenvalue weighted by Gasteiger charge is -2.31. The predicted octanol–water partition coefficient (Wildman–Crippen LogP) is -0.378. The SMILES string of the molecule is CC1(C)OC2C3COC(O3)C(O)C2O1. The van der Waals surface area contributed by atoms with E-state index in [1.807, 2.05) is 13.8 Å². The van der Waals surface area contributed by atoms with Crippen LogP contribution in [-0.4, -0.2) is 48.2 Å². The Hall–Kier alpha value is -0.200. The summed E-state index contributed by atoms with van der Waals surface area (Å²) in [6, 6.07) is 0. The number of rotatable bonds is 0. The van der Waals surface area contributed by atoms with E-state index in [9.17, 15) is 5.11 Å². The van der Waals surface area contributed by atoms with E-state index in [0.717, 1.165) is 0 Å². The number of aliphatic hydroxyl groups is 1. The minimum Gasteiger partial charge on any atom is -0.385 e. The Morgan fingerprint density at radius 1 is 1.21 bits per heavy atom. The quantitative estimate of drug-likeness (QED) is 0.580. The van der Waals surface area contributed by atoms with Crippen molar-refractivity contribution in [2.75, 3.05) is 6.61 Å². The molecule has 0 aliphatic carbocycles. The van der Waals surface area contributed by atoms with Gasteiger partial charge >= 0.3 is 0 Å². The monoisotopic (exact) mass is 202 g/mol. The van der Waals surface area contributed by atoms with Gasteiger partial charge in [0.1, 0.15) is 24.4 Å². The maximum absolute atomic E-state index is 9.84. The zero-order valence-corrected chi connectivity index (χ0v) is 8.17. The molecule has 5 nitrogen and oxygen atoms in total. The van der Waals surface area contributed by atoms with Crippen molar-refractivity contribution in [1.29, 1.82) is 0 Å². The number of hydrogen-bond donors (Lipinski definition) is 1. The molecule has 3 saturated heterocycles. The predicted molar refractivity (Wildman–Crippen MR) is 44.4 cm³/mol. The molecule has 2 bridgehead atoms. The Labute approximate surface area is 81.9 Å². The first kappa shape index (κ1) is 9.06. The van der Waals surface area contributed by atoms with Crippen LogP contribution in [0, 0.1) is 0 Å². The highest BCUT2D eigenvalue weighted by molar-refractivity contribution is 4.99. The van der Waals surface area contributed by atoms with Crippen molar-refractivity contribution in [1.82, 2.24) is 0 Å². The van der Waals surface area contributed by atoms with E-state index in [-0.39, 0.29) is 18.3 Å². The van der Waals surface area contributed by atoms with Gasteiger partial charge in [-0.1, -0.05) is 0 Å². The highest BCUT2D eigenvalue weighted by Crippen LogP contribution is 2.40. The molecule has 0 aromatic heterocycles. The van der Waals surface area contributed by atoms with Crippen LogP contribution in [0.4, 0.5) is 0 Å². The second-order valence-electron chi connectivity index (χ2n) is 4.43. The fourth-order valence-electron chi connectivity index (χ4n) is 2.32. The summed E-state index contributed by atoms with van der Waals surface area (Å²) in [4.78, 5) is 0. The van der Waals surface area contributed by atoms with Crippen LogP contribution in [0.25, 0.3) is 0 Å². The second-order valence-corrected chi connectivity index (χ2v) is 4.43. The molecule has 5 atom stereocenters. The lowest BCUT2D eigenvalue weighted by molar-refractivity contribution is -0.204. The van der Waals surface area contributed by atoms with Gasteiger partial charge < -0.3 is 24.1 Å². The topological polar surface area (TPSA) is 57.2 Å². The largest absolute Gasteiger partial charge is 0.385 e. The van der Waals surface area contributed by atoms with Gasteiger partial charge in [-0.25, -0.2) is 0 Å². The molecule has 0 aromatic rings. The average molecular weight is 202 g/mol. The summed E-state index contributed by atoms with van der Waals surface area (Å²) in [6.07, 6.45) is -1.93. The third-order valence-electron chi connectivity index (χ3n) is 2.88. The Bertz CT molecular complexity index is 246. The Morgan fingerprint density at radius 2 is 1.93 bits per heavy atom. The van der Waals surface area contributed by atoms with Crippen LogP contribution in [0.15, 0.2) is 0 Å². The Morgan fingerprint density at radius 3 is 2.71 bits per heavy atom. The third kappa shape index (κ3) is 1.14. The molecule has 3 heterocycles. The van der Waals surface area contributed by atoms with Gasteiger partial charge in [0.15, 0.2) is 12.1 Å². The first-order valence-electron chi connectivity index (χ1n) is 4.88. The zero-order chi connectivity index (χ0) is 9.92. The summed E-state index contributed by atoms with van der Waals surface area (Å²) in [6.45, 7) is 4.15. The number of aliphatic hydroxyl groups excluding tert-OH is 1. The minimum atomic E-state index is -0.750. The van der Waals surface area contributed by atoms with E-state index in [1.54, 1.807) is 0 Å². The highest BCUT2D eigenvalue weighted by Gasteiger charge is 2.57. The molecule has 5 heteroatoms. The molecule has 0 aromatic carbocycles. The smallest absolute Gasteiger partial charge is 0.186 e. The molecular weight excluding hydrogens is 188 g/mol. The minimum absolute atomic E-state index is 0.102. The second kappa shape index (κ2) is 2.68. The van der Waals surface area contributed by atoms with Gasteiger partial charge in [0.2, 0.25) is 0 Å². The van der Waals surface area contributed by atoms with Crippen molar-refractivity contribution in [2.24, 2.45) is 0 Å². The molecule has 3 rings (SSSR count). The van der Waals surface area contributed by atoms with Crippen LogP contribution in [0.1, 0.15) is 13.8 Å². The van der Waals surface area contributed by atoms with Gasteiger partial charge in [-0.05, 0) is 13.8 Å². The van der Waals surface area contributed by atoms with Crippen molar-refractivity contribution in [3.63, 3.8) is 0 Å². The Balaban J connectivity index is 1.88. The van der Waals surface area contributed by atoms with Gasteiger partial charge in [0.25, 0.3) is 0 Å². The summed E-state index contributed by atoms with van der Waals surface area (Å²) in [5.74, 6) is -0.635. The molecule has 3 aliphatic heterocycles. The van der Waals surface area contributed by atoms with E-state index < -0.39 is 18.2 Å². The van der Waals surface area contributed by atoms with Gasteiger partial charge in [0, 0.05) is 0 Å². The lowest BCUT2D eigenvalue weighted by Crippen LogP contribution is -2.52. The van der Waals surface area contributed by atoms with E-state index in [2.05, 4.69) is 0 Å². The van der Waals surface area contributed by atoms with Crippen LogP contribution in [-0.2, 0) is 18.9 Å². The van der Waals surface area contributed by atoms with E-state index in [1.165, 1.54) is 0 Å². The summed E-state index contributed by atoms with van der Waals surface area (Å²) in [5, 5.41) is 9.84. The van der Waals surface area contributed by atoms with Crippen LogP contribution in [0.3, 0.4) is 0 Å². The van der Waals surface area contributed by atoms with Crippen LogP contribution >= 0.6 is 0 Å². The fourth-order valence-corrected chi connectivity index (χ4v) is 2.32. The van der Waals surface area contributed by atoms with Gasteiger partial charge in [-0.15, -0.1) is 0 Å². The lowest BCUT2D eigenvalue weighted by atomic mass is 10.0. The molecule has 0 saturated carbocycles. The van der Waals surface area contributed by atoms with E-state index in [0.29, 0.717) is 6.61 Å². The molecule has 0 spiro atoms. The average Bonchev–Trinajstić information content (AvgIpc) is 2.64. The highest BCUT2D eigenvalue weighted by atomic mass is 16.8. The molecule has 80 valence electrons. The summed E-state index contributed by atoms with van der Waals surface area (Å²) in [7, 11) is 0. The standard InChI is InChI=1S/C9H14O5/c1-9(2)13-6-4-3-11-8(12-4)5(10)7(6)14-9/h4-8,10H,3H2,1-2H3. The van der Waals surface area contributed by atoms with E-state index in [4.69, 9.17) is 18.9 Å². The summed E-state index contributed by atoms with van der Waals surface area (Å²) < 4.78 is 22.0. The van der Waals surface area contributed by atoms with Gasteiger partial charge in [0.05, 0.1) is 6.61 Å². The molecule has 1 N–H and O–H groups in total. The van der Waals surface area contributed by atoms with Crippen LogP contribution < -0.4 is 0 Å². The number of fused-ring (bicyclic) bond motifs is 4. The van der Waals surface area contributed by atoms with Crippen LogP contribution in [0.2, 0.25) is 0 Å². The molecule has 3 fully saturated rings. The van der Waals surface area contributed by atoms with Crippen molar-refractivity contribution in [3.8, 4) is 0 Å². The normalized spacial score (nSPS) is 54.6. The number of ether oxygens (including phenoxy) is 4. The van der Waals surface area contributed by atoms with Crippen molar-refractivity contribution in [3.05, 3.63) is 0 Å². The molecule has 5 unspecified atom stereocenters. The molecule has 0 amide bonds. The van der Waals surface area contributed by atoms with E-state index >= 15 is 0 Å². The first-order chi connectivity index (χ1) is 6.57. The van der Waals surface area contributed by atoms with Crippen molar-refractivity contribution in [2.45, 2.75) is 50.3 Å². The molecule has 14 heavy (non-hydrogen) atoms. The number of hydrogen-bond acceptors (Lipinski definition) is 5. The maximum atomic E-state index is 9.84. The van der Waals surface area contributed by atoms with Crippen LogP contribution in [0.5, 0.6) is 0 Å². The summed E-state index contributed by atoms with van der Waals surface area (Å²) in [5.41, 5.74) is 0. The first-order valence-corrected chi connectivity index (χ1v) is 4.88. The van der Waals surface area contributed by atoms with Crippen molar-refractivity contribution < 1.29 is 24.1 Å². The molecule has 3 aliphatic rings. The van der Waals surface area contributed by atoms with Gasteiger partial charge in [-0.2, -0.15) is 0 Å². The third-order valence-corrected chi connectivity index (χ3v) is 2.88. The van der Waals surface area contributed by atoms with Gasteiger partial charge in [-0.3, -0.25) is 0 Å².